The molecule has 0 fully saturated rings. The molecule has 1 atom stereocenters. The van der Waals surface area contributed by atoms with Crippen molar-refractivity contribution in [2.45, 2.75) is 24.3 Å². The van der Waals surface area contributed by atoms with Crippen LogP contribution in [-0.2, 0) is 14.3 Å². The van der Waals surface area contributed by atoms with Gasteiger partial charge in [-0.2, -0.15) is 0 Å². The first-order valence-electron chi connectivity index (χ1n) is 8.24. The lowest BCUT2D eigenvalue weighted by Gasteiger charge is -2.13. The molecule has 0 aliphatic carbocycles. The summed E-state index contributed by atoms with van der Waals surface area (Å²) in [6.45, 7) is 1.42. The van der Waals surface area contributed by atoms with Crippen molar-refractivity contribution in [3.05, 3.63) is 59.7 Å². The van der Waals surface area contributed by atoms with Gasteiger partial charge in [-0.05, 0) is 49.4 Å². The predicted molar refractivity (Wildman–Crippen MR) is 101 cm³/mol. The second kappa shape index (κ2) is 9.84. The Balaban J connectivity index is 1.76. The average molecular weight is 408 g/mol. The molecule has 6 nitrogen and oxygen atoms in total. The van der Waals surface area contributed by atoms with Crippen LogP contribution in [0.3, 0.4) is 0 Å². The maximum Gasteiger partial charge on any atom is 0.307 e. The summed E-state index contributed by atoms with van der Waals surface area (Å²) in [4.78, 5) is 35.4. The van der Waals surface area contributed by atoms with E-state index in [-0.39, 0.29) is 12.2 Å². The van der Waals surface area contributed by atoms with Crippen LogP contribution in [0.2, 0.25) is 0 Å². The summed E-state index contributed by atoms with van der Waals surface area (Å²) in [6, 6.07) is 9.40. The van der Waals surface area contributed by atoms with Crippen molar-refractivity contribution in [2.75, 3.05) is 11.1 Å². The van der Waals surface area contributed by atoms with Crippen molar-refractivity contribution in [3.63, 3.8) is 0 Å². The van der Waals surface area contributed by atoms with Gasteiger partial charge in [-0.25, -0.2) is 8.78 Å². The molecule has 0 aliphatic rings. The first-order chi connectivity index (χ1) is 13.3. The van der Waals surface area contributed by atoms with Crippen LogP contribution in [0, 0.1) is 11.6 Å². The molecule has 0 saturated heterocycles. The molecule has 0 bridgehead atoms. The number of carbonyl (C=O) groups is 3. The lowest BCUT2D eigenvalue weighted by molar-refractivity contribution is -0.152. The van der Waals surface area contributed by atoms with E-state index in [4.69, 9.17) is 10.5 Å². The second-order valence-corrected chi connectivity index (χ2v) is 6.91. The van der Waals surface area contributed by atoms with E-state index >= 15 is 0 Å². The number of thioether (sulfide) groups is 1. The summed E-state index contributed by atoms with van der Waals surface area (Å²) in [7, 11) is 0. The van der Waals surface area contributed by atoms with Gasteiger partial charge in [0.15, 0.2) is 17.7 Å². The Morgan fingerprint density at radius 1 is 1.11 bits per heavy atom. The van der Waals surface area contributed by atoms with Gasteiger partial charge < -0.3 is 15.8 Å². The predicted octanol–water partition coefficient (Wildman–Crippen LogP) is 3.12. The van der Waals surface area contributed by atoms with Gasteiger partial charge in [0.1, 0.15) is 0 Å². The molecule has 0 aliphatic heterocycles. The maximum absolute atomic E-state index is 13.1. The molecular formula is C19H18F2N2O4S. The number of benzene rings is 2. The number of anilines is 1. The van der Waals surface area contributed by atoms with Crippen molar-refractivity contribution in [2.24, 2.45) is 5.73 Å². The molecule has 0 heterocycles. The number of hydrogen-bond donors (Lipinski definition) is 2. The topological polar surface area (TPSA) is 98.5 Å². The van der Waals surface area contributed by atoms with E-state index < -0.39 is 35.5 Å². The quantitative estimate of drug-likeness (QED) is 0.517. The molecule has 0 saturated carbocycles. The number of ether oxygens (including phenoxy) is 1. The molecule has 0 aromatic heterocycles. The molecule has 3 N–H and O–H groups in total. The van der Waals surface area contributed by atoms with Crippen LogP contribution in [0.5, 0.6) is 0 Å². The van der Waals surface area contributed by atoms with Gasteiger partial charge in [0.05, 0.1) is 6.42 Å². The fraction of sp³-hybridized carbons (Fsp3) is 0.211. The normalized spacial score (nSPS) is 11.5. The average Bonchev–Trinajstić information content (AvgIpc) is 2.65. The van der Waals surface area contributed by atoms with E-state index in [2.05, 4.69) is 5.32 Å². The number of nitrogens with one attached hydrogen (secondary N) is 1. The Hall–Kier alpha value is -2.94. The van der Waals surface area contributed by atoms with Crippen molar-refractivity contribution < 1.29 is 27.9 Å². The Morgan fingerprint density at radius 2 is 1.79 bits per heavy atom. The summed E-state index contributed by atoms with van der Waals surface area (Å²) >= 11 is 1.17. The fourth-order valence-corrected chi connectivity index (χ4v) is 2.95. The zero-order valence-electron chi connectivity index (χ0n) is 14.9. The highest BCUT2D eigenvalue weighted by atomic mass is 32.2. The molecule has 2 aromatic rings. The number of primary amides is 1. The smallest absolute Gasteiger partial charge is 0.307 e. The van der Waals surface area contributed by atoms with Gasteiger partial charge >= 0.3 is 5.97 Å². The van der Waals surface area contributed by atoms with Crippen LogP contribution in [0.25, 0.3) is 0 Å². The molecular weight excluding hydrogens is 390 g/mol. The number of amides is 2. The maximum atomic E-state index is 13.1. The fourth-order valence-electron chi connectivity index (χ4n) is 2.09. The highest BCUT2D eigenvalue weighted by Gasteiger charge is 2.18. The number of esters is 1. The molecule has 2 rings (SSSR count). The van der Waals surface area contributed by atoms with Crippen LogP contribution < -0.4 is 11.1 Å². The Morgan fingerprint density at radius 3 is 2.39 bits per heavy atom. The van der Waals surface area contributed by atoms with Crippen molar-refractivity contribution in [1.29, 1.82) is 0 Å². The van der Waals surface area contributed by atoms with Gasteiger partial charge in [-0.15, -0.1) is 11.8 Å². The monoisotopic (exact) mass is 408 g/mol. The molecule has 9 heteroatoms. The molecule has 28 heavy (non-hydrogen) atoms. The summed E-state index contributed by atoms with van der Waals surface area (Å²) in [5.41, 5.74) is 5.86. The molecule has 0 unspecified atom stereocenters. The minimum absolute atomic E-state index is 0.00537. The summed E-state index contributed by atoms with van der Waals surface area (Å²) < 4.78 is 31.0. The molecule has 0 radical (unpaired) electrons. The van der Waals surface area contributed by atoms with E-state index in [1.54, 1.807) is 0 Å². The standard InChI is InChI=1S/C19H18F2N2O4S/c1-11(19(26)23-13-4-2-12(3-5-13)18(22)25)27-17(24)8-9-28-14-6-7-15(20)16(21)10-14/h2-7,10-11H,8-9H2,1H3,(H2,22,25)(H,23,26)/t11-/m1/s1. The second-order valence-electron chi connectivity index (χ2n) is 5.74. The molecule has 148 valence electrons. The number of halogens is 2. The number of hydrogen-bond acceptors (Lipinski definition) is 5. The van der Waals surface area contributed by atoms with E-state index in [1.807, 2.05) is 0 Å². The largest absolute Gasteiger partial charge is 0.453 e. The van der Waals surface area contributed by atoms with E-state index in [0.717, 1.165) is 12.1 Å². The van der Waals surface area contributed by atoms with Crippen LogP contribution in [0.1, 0.15) is 23.7 Å². The van der Waals surface area contributed by atoms with Gasteiger partial charge in [-0.1, -0.05) is 0 Å². The van der Waals surface area contributed by atoms with Gasteiger partial charge in [0.2, 0.25) is 5.91 Å². The first kappa shape index (κ1) is 21.4. The van der Waals surface area contributed by atoms with Crippen molar-refractivity contribution in [1.82, 2.24) is 0 Å². The third-order valence-corrected chi connectivity index (χ3v) is 4.58. The lowest BCUT2D eigenvalue weighted by Crippen LogP contribution is -2.30. The summed E-state index contributed by atoms with van der Waals surface area (Å²) in [5.74, 6) is -3.32. The third kappa shape index (κ3) is 6.34. The minimum Gasteiger partial charge on any atom is -0.453 e. The number of nitrogens with two attached hydrogens (primary N) is 1. The summed E-state index contributed by atoms with van der Waals surface area (Å²) in [5, 5.41) is 2.56. The molecule has 0 spiro atoms. The minimum atomic E-state index is -1.03. The highest BCUT2D eigenvalue weighted by molar-refractivity contribution is 7.99. The van der Waals surface area contributed by atoms with E-state index in [9.17, 15) is 23.2 Å². The van der Waals surface area contributed by atoms with E-state index in [1.165, 1.54) is 49.0 Å². The molecule has 2 aromatic carbocycles. The number of rotatable bonds is 8. The highest BCUT2D eigenvalue weighted by Crippen LogP contribution is 2.21. The van der Waals surface area contributed by atoms with Crippen molar-refractivity contribution in [3.8, 4) is 0 Å². The third-order valence-electron chi connectivity index (χ3n) is 3.58. The molecule has 2 amide bonds. The number of carbonyl (C=O) groups excluding carboxylic acids is 3. The first-order valence-corrected chi connectivity index (χ1v) is 9.23. The van der Waals surface area contributed by atoms with Crippen LogP contribution in [-0.4, -0.2) is 29.6 Å². The Bertz CT molecular complexity index is 875. The lowest BCUT2D eigenvalue weighted by atomic mass is 10.2. The summed E-state index contributed by atoms with van der Waals surface area (Å²) in [6.07, 6.45) is -1.04. The Kier molecular flexibility index (Phi) is 7.51. The zero-order valence-corrected chi connectivity index (χ0v) is 15.7. The SMILES string of the molecule is C[C@@H](OC(=O)CCSc1ccc(F)c(F)c1)C(=O)Nc1ccc(C(N)=O)cc1. The van der Waals surface area contributed by atoms with Gasteiger partial charge in [-0.3, -0.25) is 14.4 Å². The van der Waals surface area contributed by atoms with Gasteiger partial charge in [0.25, 0.3) is 5.91 Å². The van der Waals surface area contributed by atoms with E-state index in [0.29, 0.717) is 16.1 Å². The van der Waals surface area contributed by atoms with Crippen molar-refractivity contribution >= 4 is 35.2 Å². The van der Waals surface area contributed by atoms with Crippen LogP contribution >= 0.6 is 11.8 Å². The van der Waals surface area contributed by atoms with Gasteiger partial charge in [0, 0.05) is 21.9 Å². The zero-order chi connectivity index (χ0) is 20.7. The van der Waals surface area contributed by atoms with Crippen LogP contribution in [0.4, 0.5) is 14.5 Å². The Labute approximate surface area is 164 Å². The van der Waals surface area contributed by atoms with Crippen LogP contribution in [0.15, 0.2) is 47.4 Å².